The lowest BCUT2D eigenvalue weighted by Gasteiger charge is -2.30. The zero-order chi connectivity index (χ0) is 21.5. The maximum absolute atomic E-state index is 13.3. The monoisotopic (exact) mass is 407 g/mol. The largest absolute Gasteiger partial charge is 0.496 e. The molecule has 2 aromatic carbocycles. The van der Waals surface area contributed by atoms with E-state index in [1.165, 1.54) is 6.92 Å². The second-order valence-electron chi connectivity index (χ2n) is 7.84. The fourth-order valence-corrected chi connectivity index (χ4v) is 4.07. The van der Waals surface area contributed by atoms with E-state index in [1.54, 1.807) is 25.3 Å². The summed E-state index contributed by atoms with van der Waals surface area (Å²) in [5.41, 5.74) is 1.95. The van der Waals surface area contributed by atoms with Crippen LogP contribution in [0.5, 0.6) is 5.75 Å². The van der Waals surface area contributed by atoms with Crippen LogP contribution in [0.25, 0.3) is 0 Å². The van der Waals surface area contributed by atoms with Crippen LogP contribution in [0.1, 0.15) is 65.3 Å². The maximum atomic E-state index is 13.3. The number of methoxy groups -OCH3 is 1. The van der Waals surface area contributed by atoms with E-state index in [9.17, 15) is 14.4 Å². The minimum atomic E-state index is -0.102. The molecule has 1 atom stereocenters. The number of likely N-dealkylation sites (tertiary alicyclic amines) is 1. The van der Waals surface area contributed by atoms with Gasteiger partial charge in [-0.3, -0.25) is 14.4 Å². The Labute approximate surface area is 178 Å². The number of carbonyl (C=O) groups excluding carboxylic acids is 3. The molecule has 1 unspecified atom stereocenters. The highest BCUT2D eigenvalue weighted by Gasteiger charge is 2.28. The Hall–Kier alpha value is -2.95. The van der Waals surface area contributed by atoms with E-state index in [0.29, 0.717) is 35.4 Å². The summed E-state index contributed by atoms with van der Waals surface area (Å²) in [6.07, 6.45) is 4.32. The van der Waals surface area contributed by atoms with Crippen LogP contribution < -0.4 is 4.74 Å². The lowest BCUT2D eigenvalue weighted by Crippen LogP contribution is -2.42. The van der Waals surface area contributed by atoms with Gasteiger partial charge in [0, 0.05) is 35.7 Å². The second-order valence-corrected chi connectivity index (χ2v) is 7.84. The van der Waals surface area contributed by atoms with E-state index < -0.39 is 0 Å². The molecule has 5 heteroatoms. The number of amides is 1. The summed E-state index contributed by atoms with van der Waals surface area (Å²) in [5, 5.41) is 0. The molecule has 0 radical (unpaired) electrons. The van der Waals surface area contributed by atoms with Crippen molar-refractivity contribution in [1.29, 1.82) is 0 Å². The Morgan fingerprint density at radius 3 is 2.47 bits per heavy atom. The number of carbonyl (C=O) groups is 3. The van der Waals surface area contributed by atoms with E-state index in [-0.39, 0.29) is 29.9 Å². The number of Topliss-reactive ketones (excluding diaryl/α,β-unsaturated/α-hetero) is 2. The normalized spacial score (nSPS) is 16.6. The van der Waals surface area contributed by atoms with Crippen LogP contribution in [0.2, 0.25) is 0 Å². The number of hydrogen-bond donors (Lipinski definition) is 0. The zero-order valence-electron chi connectivity index (χ0n) is 17.7. The van der Waals surface area contributed by atoms with Gasteiger partial charge in [0.15, 0.2) is 11.6 Å². The molecule has 3 rings (SSSR count). The first-order valence-electron chi connectivity index (χ1n) is 10.5. The summed E-state index contributed by atoms with van der Waals surface area (Å²) in [6.45, 7) is 2.16. The number of benzene rings is 2. The van der Waals surface area contributed by atoms with Gasteiger partial charge in [0.2, 0.25) is 5.91 Å². The molecule has 1 aliphatic rings. The second kappa shape index (κ2) is 10.2. The van der Waals surface area contributed by atoms with Crippen molar-refractivity contribution in [2.24, 2.45) is 0 Å². The molecule has 0 bridgehead atoms. The molecule has 1 saturated heterocycles. The molecule has 0 spiro atoms. The Morgan fingerprint density at radius 2 is 1.77 bits per heavy atom. The molecule has 0 N–H and O–H groups in total. The number of ketones is 2. The van der Waals surface area contributed by atoms with Gasteiger partial charge in [-0.2, -0.15) is 0 Å². The molecule has 0 aliphatic carbocycles. The molecule has 0 aromatic heterocycles. The highest BCUT2D eigenvalue weighted by molar-refractivity contribution is 5.97. The zero-order valence-corrected chi connectivity index (χ0v) is 17.7. The van der Waals surface area contributed by atoms with E-state index in [4.69, 9.17) is 4.74 Å². The average Bonchev–Trinajstić information content (AvgIpc) is 2.99. The number of ether oxygens (including phenoxy) is 1. The van der Waals surface area contributed by atoms with Crippen LogP contribution >= 0.6 is 0 Å². The molecule has 30 heavy (non-hydrogen) atoms. The van der Waals surface area contributed by atoms with Gasteiger partial charge in [-0.1, -0.05) is 43.2 Å². The van der Waals surface area contributed by atoms with Crippen LogP contribution in [0.4, 0.5) is 0 Å². The standard InChI is InChI=1S/C25H29NO4/c1-18(27)20-12-13-24(30-2)21(15-20)16-25(29)26-14-8-4-7-11-22(26)17-23(28)19-9-5-3-6-10-19/h3,5-6,9-10,12-13,15,22H,4,7-8,11,14,16-17H2,1-2H3. The van der Waals surface area contributed by atoms with E-state index >= 15 is 0 Å². The molecule has 1 heterocycles. The Bertz CT molecular complexity index is 907. The lowest BCUT2D eigenvalue weighted by molar-refractivity contribution is -0.132. The third kappa shape index (κ3) is 5.35. The van der Waals surface area contributed by atoms with Gasteiger partial charge < -0.3 is 9.64 Å². The van der Waals surface area contributed by atoms with E-state index in [1.807, 2.05) is 35.2 Å². The highest BCUT2D eigenvalue weighted by Crippen LogP contribution is 2.25. The maximum Gasteiger partial charge on any atom is 0.227 e. The van der Waals surface area contributed by atoms with Crippen molar-refractivity contribution < 1.29 is 19.1 Å². The number of hydrogen-bond acceptors (Lipinski definition) is 4. The molecular weight excluding hydrogens is 378 g/mol. The van der Waals surface area contributed by atoms with Gasteiger partial charge in [-0.05, 0) is 38.0 Å². The summed E-state index contributed by atoms with van der Waals surface area (Å²) in [4.78, 5) is 39.7. The van der Waals surface area contributed by atoms with Gasteiger partial charge in [0.25, 0.3) is 0 Å². The Morgan fingerprint density at radius 1 is 1.00 bits per heavy atom. The molecule has 5 nitrogen and oxygen atoms in total. The summed E-state index contributed by atoms with van der Waals surface area (Å²) in [7, 11) is 1.56. The molecular formula is C25H29NO4. The van der Waals surface area contributed by atoms with E-state index in [2.05, 4.69) is 0 Å². The topological polar surface area (TPSA) is 63.7 Å². The van der Waals surface area contributed by atoms with Crippen LogP contribution in [0.15, 0.2) is 48.5 Å². The fourth-order valence-electron chi connectivity index (χ4n) is 4.07. The number of nitrogens with zero attached hydrogens (tertiary/aromatic N) is 1. The first-order valence-corrected chi connectivity index (χ1v) is 10.5. The van der Waals surface area contributed by atoms with Crippen molar-refractivity contribution in [3.63, 3.8) is 0 Å². The Kier molecular flexibility index (Phi) is 7.39. The van der Waals surface area contributed by atoms with Gasteiger partial charge in [0.1, 0.15) is 5.75 Å². The van der Waals surface area contributed by atoms with Crippen LogP contribution in [-0.4, -0.2) is 42.1 Å². The lowest BCUT2D eigenvalue weighted by atomic mass is 9.98. The highest BCUT2D eigenvalue weighted by atomic mass is 16.5. The number of rotatable bonds is 7. The molecule has 158 valence electrons. The molecule has 1 amide bonds. The van der Waals surface area contributed by atoms with Gasteiger partial charge in [-0.25, -0.2) is 0 Å². The average molecular weight is 408 g/mol. The third-order valence-corrected chi connectivity index (χ3v) is 5.74. The molecule has 0 saturated carbocycles. The van der Waals surface area contributed by atoms with Gasteiger partial charge in [0.05, 0.1) is 13.5 Å². The summed E-state index contributed by atoms with van der Waals surface area (Å²) >= 11 is 0. The first kappa shape index (κ1) is 21.8. The van der Waals surface area contributed by atoms with Gasteiger partial charge in [-0.15, -0.1) is 0 Å². The SMILES string of the molecule is COc1ccc(C(C)=O)cc1CC(=O)N1CCCCCC1CC(=O)c1ccccc1. The van der Waals surface area contributed by atoms with Crippen molar-refractivity contribution in [2.45, 2.75) is 51.5 Å². The van der Waals surface area contributed by atoms with Crippen LogP contribution in [0, 0.1) is 0 Å². The van der Waals surface area contributed by atoms with Crippen molar-refractivity contribution >= 4 is 17.5 Å². The molecule has 1 aliphatic heterocycles. The smallest absolute Gasteiger partial charge is 0.227 e. The van der Waals surface area contributed by atoms with E-state index in [0.717, 1.165) is 25.7 Å². The minimum Gasteiger partial charge on any atom is -0.496 e. The predicted molar refractivity (Wildman–Crippen MR) is 116 cm³/mol. The van der Waals surface area contributed by atoms with Crippen molar-refractivity contribution in [3.05, 3.63) is 65.2 Å². The van der Waals surface area contributed by atoms with Crippen molar-refractivity contribution in [1.82, 2.24) is 4.90 Å². The minimum absolute atomic E-state index is 0.0261. The van der Waals surface area contributed by atoms with Crippen molar-refractivity contribution in [2.75, 3.05) is 13.7 Å². The third-order valence-electron chi connectivity index (χ3n) is 5.74. The van der Waals surface area contributed by atoms with Crippen molar-refractivity contribution in [3.8, 4) is 5.75 Å². The quantitative estimate of drug-likeness (QED) is 0.635. The fraction of sp³-hybridized carbons (Fsp3) is 0.400. The van der Waals surface area contributed by atoms with Gasteiger partial charge >= 0.3 is 0 Å². The first-order chi connectivity index (χ1) is 14.5. The molecule has 2 aromatic rings. The summed E-state index contributed by atoms with van der Waals surface area (Å²) in [6, 6.07) is 14.3. The van der Waals surface area contributed by atoms with Crippen LogP contribution in [0.3, 0.4) is 0 Å². The summed E-state index contributed by atoms with van der Waals surface area (Å²) in [5.74, 6) is 0.589. The summed E-state index contributed by atoms with van der Waals surface area (Å²) < 4.78 is 5.41. The predicted octanol–water partition coefficient (Wildman–Crippen LogP) is 4.48. The van der Waals surface area contributed by atoms with Crippen LogP contribution in [-0.2, 0) is 11.2 Å². The Balaban J connectivity index is 1.79. The molecule has 1 fully saturated rings.